The summed E-state index contributed by atoms with van der Waals surface area (Å²) in [7, 11) is 0. The van der Waals surface area contributed by atoms with E-state index in [4.69, 9.17) is 5.73 Å². The number of halogens is 4. The number of rotatable bonds is 1. The highest BCUT2D eigenvalue weighted by Gasteiger charge is 2.42. The first-order chi connectivity index (χ1) is 8.38. The number of anilines is 2. The molecule has 0 bridgehead atoms. The second kappa shape index (κ2) is 4.95. The summed E-state index contributed by atoms with van der Waals surface area (Å²) in [5, 5.41) is 0. The van der Waals surface area contributed by atoms with Crippen LogP contribution in [0.5, 0.6) is 0 Å². The minimum Gasteiger partial charge on any atom is -0.396 e. The molecular weight excluding hydrogens is 311 g/mol. The highest BCUT2D eigenvalue weighted by Crippen LogP contribution is 2.35. The summed E-state index contributed by atoms with van der Waals surface area (Å²) in [6.45, 7) is 0.494. The maximum atomic E-state index is 12.7. The van der Waals surface area contributed by atoms with Gasteiger partial charge in [0.2, 0.25) is 0 Å². The van der Waals surface area contributed by atoms with E-state index in [1.54, 1.807) is 17.2 Å². The Labute approximate surface area is 111 Å². The molecule has 1 aromatic heterocycles. The maximum absolute atomic E-state index is 12.7. The highest BCUT2D eigenvalue weighted by molar-refractivity contribution is 9.10. The van der Waals surface area contributed by atoms with E-state index in [2.05, 4.69) is 20.9 Å². The van der Waals surface area contributed by atoms with Crippen molar-refractivity contribution in [2.75, 3.05) is 23.7 Å². The van der Waals surface area contributed by atoms with Crippen LogP contribution in [0, 0.1) is 5.92 Å². The second-order valence-corrected chi connectivity index (χ2v) is 5.31. The van der Waals surface area contributed by atoms with Gasteiger partial charge in [0.25, 0.3) is 0 Å². The lowest BCUT2D eigenvalue weighted by Gasteiger charge is -2.35. The molecule has 1 atom stereocenters. The molecule has 1 saturated heterocycles. The van der Waals surface area contributed by atoms with Gasteiger partial charge in [0.05, 0.1) is 11.6 Å². The Kier molecular flexibility index (Phi) is 3.70. The molecule has 1 aliphatic heterocycles. The van der Waals surface area contributed by atoms with E-state index in [9.17, 15) is 13.2 Å². The van der Waals surface area contributed by atoms with E-state index in [0.29, 0.717) is 28.9 Å². The molecule has 3 nitrogen and oxygen atoms in total. The van der Waals surface area contributed by atoms with Gasteiger partial charge in [-0.05, 0) is 34.8 Å². The largest absolute Gasteiger partial charge is 0.396 e. The summed E-state index contributed by atoms with van der Waals surface area (Å²) in [5.41, 5.74) is 6.19. The fraction of sp³-hybridized carbons (Fsp3) is 0.545. The Morgan fingerprint density at radius 2 is 2.17 bits per heavy atom. The van der Waals surface area contributed by atoms with Crippen LogP contribution in [0.2, 0.25) is 0 Å². The zero-order valence-electron chi connectivity index (χ0n) is 9.54. The van der Waals surface area contributed by atoms with Crippen molar-refractivity contribution in [3.63, 3.8) is 0 Å². The van der Waals surface area contributed by atoms with Crippen LogP contribution in [0.1, 0.15) is 12.8 Å². The minimum atomic E-state index is -4.15. The SMILES string of the molecule is Nc1cc(Br)cnc1N1CCCC(C(F)(F)F)C1. The van der Waals surface area contributed by atoms with Gasteiger partial charge in [-0.3, -0.25) is 0 Å². The van der Waals surface area contributed by atoms with Crippen LogP contribution >= 0.6 is 15.9 Å². The number of aromatic nitrogens is 1. The van der Waals surface area contributed by atoms with Gasteiger partial charge in [0, 0.05) is 23.8 Å². The first-order valence-electron chi connectivity index (χ1n) is 5.60. The lowest BCUT2D eigenvalue weighted by atomic mass is 9.97. The van der Waals surface area contributed by atoms with E-state index in [-0.39, 0.29) is 13.0 Å². The lowest BCUT2D eigenvalue weighted by Crippen LogP contribution is -2.42. The minimum absolute atomic E-state index is 0.0671. The number of nitrogen functional groups attached to an aromatic ring is 1. The van der Waals surface area contributed by atoms with Gasteiger partial charge in [-0.1, -0.05) is 0 Å². The van der Waals surface area contributed by atoms with Crippen LogP contribution in [0.25, 0.3) is 0 Å². The summed E-state index contributed by atoms with van der Waals surface area (Å²) in [6, 6.07) is 1.65. The predicted molar refractivity (Wildman–Crippen MR) is 67.3 cm³/mol. The van der Waals surface area contributed by atoms with Gasteiger partial charge in [-0.15, -0.1) is 0 Å². The molecule has 100 valence electrons. The Bertz CT molecular complexity index is 436. The molecule has 1 aliphatic rings. The second-order valence-electron chi connectivity index (χ2n) is 4.39. The maximum Gasteiger partial charge on any atom is 0.393 e. The van der Waals surface area contributed by atoms with Crippen molar-refractivity contribution in [1.82, 2.24) is 4.98 Å². The smallest absolute Gasteiger partial charge is 0.393 e. The van der Waals surface area contributed by atoms with Crippen LogP contribution in [0.15, 0.2) is 16.7 Å². The fourth-order valence-electron chi connectivity index (χ4n) is 2.15. The standard InChI is InChI=1S/C11H13BrF3N3/c12-8-4-9(16)10(17-5-8)18-3-1-2-7(6-18)11(13,14)15/h4-5,7H,1-3,6,16H2. The summed E-state index contributed by atoms with van der Waals surface area (Å²) in [4.78, 5) is 5.72. The number of nitrogens with zero attached hydrogens (tertiary/aromatic N) is 2. The van der Waals surface area contributed by atoms with E-state index in [1.165, 1.54) is 0 Å². The molecule has 1 aromatic rings. The van der Waals surface area contributed by atoms with Crippen LogP contribution in [-0.4, -0.2) is 24.2 Å². The van der Waals surface area contributed by atoms with Crippen molar-refractivity contribution in [3.05, 3.63) is 16.7 Å². The molecule has 0 aromatic carbocycles. The topological polar surface area (TPSA) is 42.1 Å². The van der Waals surface area contributed by atoms with E-state index < -0.39 is 12.1 Å². The zero-order chi connectivity index (χ0) is 13.3. The molecule has 0 aliphatic carbocycles. The third-order valence-corrected chi connectivity index (χ3v) is 3.48. The molecule has 2 N–H and O–H groups in total. The Balaban J connectivity index is 2.18. The van der Waals surface area contributed by atoms with Crippen molar-refractivity contribution >= 4 is 27.4 Å². The van der Waals surface area contributed by atoms with Crippen LogP contribution in [-0.2, 0) is 0 Å². The van der Waals surface area contributed by atoms with Crippen molar-refractivity contribution in [2.45, 2.75) is 19.0 Å². The van der Waals surface area contributed by atoms with E-state index in [1.807, 2.05) is 0 Å². The Morgan fingerprint density at radius 1 is 1.44 bits per heavy atom. The molecule has 0 radical (unpaired) electrons. The molecule has 0 saturated carbocycles. The van der Waals surface area contributed by atoms with Crippen molar-refractivity contribution in [3.8, 4) is 0 Å². The first kappa shape index (κ1) is 13.5. The zero-order valence-corrected chi connectivity index (χ0v) is 11.1. The average molecular weight is 324 g/mol. The predicted octanol–water partition coefficient (Wildman–Crippen LogP) is 3.21. The van der Waals surface area contributed by atoms with E-state index in [0.717, 1.165) is 0 Å². The van der Waals surface area contributed by atoms with Crippen LogP contribution in [0.4, 0.5) is 24.7 Å². The van der Waals surface area contributed by atoms with Crippen LogP contribution < -0.4 is 10.6 Å². The molecule has 0 spiro atoms. The molecule has 2 rings (SSSR count). The summed E-state index contributed by atoms with van der Waals surface area (Å²) < 4.78 is 38.8. The van der Waals surface area contributed by atoms with Crippen molar-refractivity contribution in [1.29, 1.82) is 0 Å². The molecule has 1 unspecified atom stereocenters. The third kappa shape index (κ3) is 2.88. The normalized spacial score (nSPS) is 21.1. The number of piperidine rings is 1. The molecule has 0 amide bonds. The number of nitrogens with two attached hydrogens (primary N) is 1. The van der Waals surface area contributed by atoms with Gasteiger partial charge in [-0.2, -0.15) is 13.2 Å². The molecule has 7 heteroatoms. The van der Waals surface area contributed by atoms with Crippen molar-refractivity contribution in [2.24, 2.45) is 5.92 Å². The van der Waals surface area contributed by atoms with Gasteiger partial charge in [0.15, 0.2) is 5.82 Å². The molecule has 2 heterocycles. The van der Waals surface area contributed by atoms with Crippen LogP contribution in [0.3, 0.4) is 0 Å². The van der Waals surface area contributed by atoms with Crippen molar-refractivity contribution < 1.29 is 13.2 Å². The quantitative estimate of drug-likeness (QED) is 0.863. The Morgan fingerprint density at radius 3 is 2.78 bits per heavy atom. The van der Waals surface area contributed by atoms with E-state index >= 15 is 0 Å². The monoisotopic (exact) mass is 323 g/mol. The van der Waals surface area contributed by atoms with Gasteiger partial charge in [-0.25, -0.2) is 4.98 Å². The molecular formula is C11H13BrF3N3. The summed E-state index contributed by atoms with van der Waals surface area (Å²) in [6.07, 6.45) is -1.93. The fourth-order valence-corrected chi connectivity index (χ4v) is 2.50. The Hall–Kier alpha value is -0.980. The lowest BCUT2D eigenvalue weighted by molar-refractivity contribution is -0.176. The summed E-state index contributed by atoms with van der Waals surface area (Å²) in [5.74, 6) is -0.858. The average Bonchev–Trinajstić information content (AvgIpc) is 2.28. The highest BCUT2D eigenvalue weighted by atomic mass is 79.9. The van der Waals surface area contributed by atoms with Gasteiger partial charge >= 0.3 is 6.18 Å². The van der Waals surface area contributed by atoms with Gasteiger partial charge < -0.3 is 10.6 Å². The third-order valence-electron chi connectivity index (χ3n) is 3.05. The van der Waals surface area contributed by atoms with Gasteiger partial charge in [0.1, 0.15) is 0 Å². The summed E-state index contributed by atoms with van der Waals surface area (Å²) >= 11 is 3.22. The number of hydrogen-bond acceptors (Lipinski definition) is 3. The number of hydrogen-bond donors (Lipinski definition) is 1. The first-order valence-corrected chi connectivity index (χ1v) is 6.40. The number of alkyl halides is 3. The molecule has 18 heavy (non-hydrogen) atoms. The molecule has 1 fully saturated rings. The number of pyridine rings is 1.